The van der Waals surface area contributed by atoms with Crippen molar-refractivity contribution in [3.05, 3.63) is 76.1 Å². The first-order valence-electron chi connectivity index (χ1n) is 7.76. The summed E-state index contributed by atoms with van der Waals surface area (Å²) in [5.41, 5.74) is 5.90. The third-order valence-electron chi connectivity index (χ3n) is 3.38. The van der Waals surface area contributed by atoms with Gasteiger partial charge in [-0.3, -0.25) is 10.1 Å². The number of nitrogens with zero attached hydrogens (tertiary/aromatic N) is 4. The average molecular weight is 366 g/mol. The number of carbonyl (C=O) groups is 1. The largest absolute Gasteiger partial charge is 0.454 e. The lowest BCUT2D eigenvalue weighted by atomic mass is 10.2. The van der Waals surface area contributed by atoms with E-state index in [2.05, 4.69) is 20.3 Å². The van der Waals surface area contributed by atoms with Crippen molar-refractivity contribution < 1.29 is 14.5 Å². The summed E-state index contributed by atoms with van der Waals surface area (Å²) in [6, 6.07) is 14.7. The Labute approximate surface area is 153 Å². The number of nitrogen functional groups attached to an aromatic ring is 1. The fourth-order valence-corrected chi connectivity index (χ4v) is 2.22. The monoisotopic (exact) mass is 366 g/mol. The van der Waals surface area contributed by atoms with Gasteiger partial charge in [0.1, 0.15) is 5.56 Å². The number of nitro groups is 1. The Morgan fingerprint density at radius 3 is 2.52 bits per heavy atom. The van der Waals surface area contributed by atoms with Crippen molar-refractivity contribution in [1.82, 2.24) is 15.0 Å². The van der Waals surface area contributed by atoms with Crippen molar-refractivity contribution in [3.63, 3.8) is 0 Å². The summed E-state index contributed by atoms with van der Waals surface area (Å²) in [6.45, 7) is -0.318. The van der Waals surface area contributed by atoms with Crippen molar-refractivity contribution in [3.8, 4) is 0 Å². The van der Waals surface area contributed by atoms with Crippen LogP contribution in [0.2, 0.25) is 0 Å². The molecule has 3 N–H and O–H groups in total. The van der Waals surface area contributed by atoms with E-state index in [9.17, 15) is 14.9 Å². The zero-order chi connectivity index (χ0) is 19.2. The van der Waals surface area contributed by atoms with E-state index in [1.54, 1.807) is 0 Å². The summed E-state index contributed by atoms with van der Waals surface area (Å²) in [7, 11) is 0. The van der Waals surface area contributed by atoms with Crippen LogP contribution >= 0.6 is 0 Å². The maximum atomic E-state index is 12.2. The van der Waals surface area contributed by atoms with Gasteiger partial charge in [0, 0.05) is 11.8 Å². The van der Waals surface area contributed by atoms with Crippen LogP contribution in [-0.4, -0.2) is 25.8 Å². The first-order chi connectivity index (χ1) is 13.0. The molecule has 10 nitrogen and oxygen atoms in total. The third kappa shape index (κ3) is 4.51. The van der Waals surface area contributed by atoms with E-state index in [0.29, 0.717) is 0 Å². The molecule has 0 aliphatic heterocycles. The number of para-hydroxylation sites is 2. The molecule has 136 valence electrons. The van der Waals surface area contributed by atoms with Crippen LogP contribution in [0.15, 0.2) is 54.6 Å². The number of carbonyl (C=O) groups excluding carboxylic acids is 1. The molecule has 0 saturated carbocycles. The molecule has 0 aliphatic rings. The molecule has 0 atom stereocenters. The quantitative estimate of drug-likeness (QED) is 0.381. The number of esters is 1. The first kappa shape index (κ1) is 17.7. The summed E-state index contributed by atoms with van der Waals surface area (Å²) in [4.78, 5) is 34.5. The predicted molar refractivity (Wildman–Crippen MR) is 96.2 cm³/mol. The van der Waals surface area contributed by atoms with Crippen LogP contribution < -0.4 is 11.1 Å². The smallest absolute Gasteiger partial charge is 0.345 e. The molecule has 0 amide bonds. The SMILES string of the molecule is Nc1nc(COC(=O)c2ccccc2[N+](=O)[O-])nc(Nc2ccccc2)n1. The lowest BCUT2D eigenvalue weighted by Crippen LogP contribution is -2.12. The minimum Gasteiger partial charge on any atom is -0.454 e. The Kier molecular flexibility index (Phi) is 5.17. The number of hydrogen-bond acceptors (Lipinski definition) is 9. The molecule has 0 aliphatic carbocycles. The highest BCUT2D eigenvalue weighted by Gasteiger charge is 2.21. The van der Waals surface area contributed by atoms with Gasteiger partial charge in [-0.15, -0.1) is 0 Å². The van der Waals surface area contributed by atoms with Crippen molar-refractivity contribution in [1.29, 1.82) is 0 Å². The van der Waals surface area contributed by atoms with Crippen molar-refractivity contribution in [2.24, 2.45) is 0 Å². The van der Waals surface area contributed by atoms with E-state index < -0.39 is 10.9 Å². The van der Waals surface area contributed by atoms with Gasteiger partial charge < -0.3 is 15.8 Å². The highest BCUT2D eigenvalue weighted by Crippen LogP contribution is 2.19. The van der Waals surface area contributed by atoms with Gasteiger partial charge in [0.05, 0.1) is 4.92 Å². The summed E-state index contributed by atoms with van der Waals surface area (Å²) in [6.07, 6.45) is 0. The Hall–Kier alpha value is -4.08. The number of ether oxygens (including phenoxy) is 1. The van der Waals surface area contributed by atoms with Gasteiger partial charge in [0.15, 0.2) is 12.4 Å². The maximum Gasteiger partial charge on any atom is 0.345 e. The highest BCUT2D eigenvalue weighted by atomic mass is 16.6. The number of nitro benzene ring substituents is 1. The topological polar surface area (TPSA) is 146 Å². The van der Waals surface area contributed by atoms with E-state index in [1.807, 2.05) is 30.3 Å². The summed E-state index contributed by atoms with van der Waals surface area (Å²) in [5.74, 6) is -0.627. The first-order valence-corrected chi connectivity index (χ1v) is 7.76. The number of aromatic nitrogens is 3. The van der Waals surface area contributed by atoms with E-state index in [4.69, 9.17) is 10.5 Å². The van der Waals surface area contributed by atoms with Crippen molar-refractivity contribution >= 4 is 29.2 Å². The number of nitrogens with two attached hydrogens (primary N) is 1. The second kappa shape index (κ2) is 7.87. The fraction of sp³-hybridized carbons (Fsp3) is 0.0588. The molecule has 0 bridgehead atoms. The summed E-state index contributed by atoms with van der Waals surface area (Å²) in [5, 5.41) is 14.0. The van der Waals surface area contributed by atoms with Gasteiger partial charge in [0.25, 0.3) is 5.69 Å². The summed E-state index contributed by atoms with van der Waals surface area (Å²) < 4.78 is 5.09. The van der Waals surface area contributed by atoms with Gasteiger partial charge in [-0.1, -0.05) is 30.3 Å². The Morgan fingerprint density at radius 1 is 1.07 bits per heavy atom. The second-order valence-corrected chi connectivity index (χ2v) is 5.27. The van der Waals surface area contributed by atoms with Crippen LogP contribution in [-0.2, 0) is 11.3 Å². The number of hydrogen-bond donors (Lipinski definition) is 2. The molecule has 1 aromatic heterocycles. The molecule has 27 heavy (non-hydrogen) atoms. The van der Waals surface area contributed by atoms with Gasteiger partial charge in [-0.05, 0) is 18.2 Å². The number of benzene rings is 2. The molecule has 0 saturated heterocycles. The predicted octanol–water partition coefficient (Wildman–Crippen LogP) is 2.46. The lowest BCUT2D eigenvalue weighted by Gasteiger charge is -2.08. The van der Waals surface area contributed by atoms with E-state index >= 15 is 0 Å². The molecule has 2 aromatic carbocycles. The molecule has 1 heterocycles. The molecule has 10 heteroatoms. The number of rotatable bonds is 6. The van der Waals surface area contributed by atoms with Gasteiger partial charge in [-0.2, -0.15) is 15.0 Å². The van der Waals surface area contributed by atoms with Gasteiger partial charge in [-0.25, -0.2) is 4.79 Å². The van der Waals surface area contributed by atoms with Crippen LogP contribution in [0.25, 0.3) is 0 Å². The second-order valence-electron chi connectivity index (χ2n) is 5.27. The van der Waals surface area contributed by atoms with Crippen molar-refractivity contribution in [2.45, 2.75) is 6.61 Å². The van der Waals surface area contributed by atoms with Crippen LogP contribution in [0.1, 0.15) is 16.2 Å². The Balaban J connectivity index is 1.73. The zero-order valence-corrected chi connectivity index (χ0v) is 13.9. The van der Waals surface area contributed by atoms with Crippen molar-refractivity contribution in [2.75, 3.05) is 11.1 Å². The molecule has 0 radical (unpaired) electrons. The molecule has 0 fully saturated rings. The third-order valence-corrected chi connectivity index (χ3v) is 3.38. The number of nitrogens with one attached hydrogen (secondary N) is 1. The lowest BCUT2D eigenvalue weighted by molar-refractivity contribution is -0.385. The van der Waals surface area contributed by atoms with E-state index in [-0.39, 0.29) is 35.6 Å². The molecule has 3 aromatic rings. The van der Waals surface area contributed by atoms with Crippen LogP contribution in [0, 0.1) is 10.1 Å². The minimum atomic E-state index is -0.862. The van der Waals surface area contributed by atoms with Gasteiger partial charge >= 0.3 is 5.97 Å². The van der Waals surface area contributed by atoms with E-state index in [0.717, 1.165) is 5.69 Å². The van der Waals surface area contributed by atoms with Crippen LogP contribution in [0.3, 0.4) is 0 Å². The van der Waals surface area contributed by atoms with Gasteiger partial charge in [0.2, 0.25) is 11.9 Å². The molecule has 0 unspecified atom stereocenters. The molecular weight excluding hydrogens is 352 g/mol. The normalized spacial score (nSPS) is 10.2. The molecule has 0 spiro atoms. The number of anilines is 3. The van der Waals surface area contributed by atoms with E-state index in [1.165, 1.54) is 24.3 Å². The van der Waals surface area contributed by atoms with Crippen LogP contribution in [0.4, 0.5) is 23.3 Å². The fourth-order valence-electron chi connectivity index (χ4n) is 2.22. The Bertz CT molecular complexity index is 980. The zero-order valence-electron chi connectivity index (χ0n) is 13.9. The van der Waals surface area contributed by atoms with Crippen LogP contribution in [0.5, 0.6) is 0 Å². The molecule has 3 rings (SSSR count). The average Bonchev–Trinajstić information content (AvgIpc) is 2.66. The minimum absolute atomic E-state index is 0.0554. The summed E-state index contributed by atoms with van der Waals surface area (Å²) >= 11 is 0. The maximum absolute atomic E-state index is 12.2. The Morgan fingerprint density at radius 2 is 1.78 bits per heavy atom. The standard InChI is InChI=1S/C17H14N6O4/c18-16-20-14(21-17(22-16)19-11-6-2-1-3-7-11)10-27-15(24)12-8-4-5-9-13(12)23(25)26/h1-9H,10H2,(H3,18,19,20,21,22). The molecular formula is C17H14N6O4. The highest BCUT2D eigenvalue weighted by molar-refractivity contribution is 5.93.